The van der Waals surface area contributed by atoms with Crippen LogP contribution in [0.3, 0.4) is 0 Å². The number of hydrogen-bond acceptors (Lipinski definition) is 3. The Kier molecular flexibility index (Phi) is 5.94. The van der Waals surface area contributed by atoms with Crippen molar-refractivity contribution < 1.29 is 18.0 Å². The van der Waals surface area contributed by atoms with Gasteiger partial charge in [0.25, 0.3) is 5.91 Å². The number of para-hydroxylation sites is 1. The molecule has 2 N–H and O–H groups in total. The molecule has 0 saturated carbocycles. The maximum atomic E-state index is 13.0. The molecule has 0 saturated heterocycles. The van der Waals surface area contributed by atoms with Gasteiger partial charge in [-0.2, -0.15) is 18.3 Å². The van der Waals surface area contributed by atoms with Gasteiger partial charge in [0.05, 0.1) is 11.3 Å². The summed E-state index contributed by atoms with van der Waals surface area (Å²) in [7, 11) is 1.34. The molecule has 1 aromatic heterocycles. The molecule has 142 valence electrons. The number of nitrogens with one attached hydrogen (secondary N) is 2. The summed E-state index contributed by atoms with van der Waals surface area (Å²) in [5.41, 5.74) is 5.01. The van der Waals surface area contributed by atoms with Crippen molar-refractivity contribution in [1.29, 1.82) is 0 Å². The van der Waals surface area contributed by atoms with Crippen LogP contribution in [0.2, 0.25) is 0 Å². The Morgan fingerprint density at radius 1 is 1.23 bits per heavy atom. The van der Waals surface area contributed by atoms with E-state index in [-0.39, 0.29) is 5.92 Å². The number of nitrogens with zero attached hydrogens (tertiary/aromatic N) is 2. The van der Waals surface area contributed by atoms with Gasteiger partial charge < -0.3 is 0 Å². The third-order valence-corrected chi connectivity index (χ3v) is 3.97. The third kappa shape index (κ3) is 4.77. The Bertz CT molecular complexity index is 768. The largest absolute Gasteiger partial charge is 0.435 e. The minimum atomic E-state index is -4.70. The maximum Gasteiger partial charge on any atom is 0.435 e. The first-order valence-corrected chi connectivity index (χ1v) is 8.35. The Hall–Kier alpha value is -2.51. The number of halogens is 3. The van der Waals surface area contributed by atoms with Crippen molar-refractivity contribution in [2.45, 2.75) is 39.3 Å². The molecule has 0 radical (unpaired) electrons. The molecule has 8 heteroatoms. The van der Waals surface area contributed by atoms with Gasteiger partial charge in [0.15, 0.2) is 5.69 Å². The second-order valence-corrected chi connectivity index (χ2v) is 6.76. The van der Waals surface area contributed by atoms with Gasteiger partial charge in [0.1, 0.15) is 0 Å². The highest BCUT2D eigenvalue weighted by Gasteiger charge is 2.39. The summed E-state index contributed by atoms with van der Waals surface area (Å²) < 4.78 is 40.0. The molecule has 26 heavy (non-hydrogen) atoms. The van der Waals surface area contributed by atoms with Gasteiger partial charge in [0.2, 0.25) is 0 Å². The van der Waals surface area contributed by atoms with Crippen molar-refractivity contribution in [1.82, 2.24) is 15.2 Å². The van der Waals surface area contributed by atoms with Crippen LogP contribution in [-0.2, 0) is 13.2 Å². The Morgan fingerprint density at radius 2 is 1.88 bits per heavy atom. The molecule has 2 rings (SSSR count). The zero-order valence-corrected chi connectivity index (χ0v) is 15.2. The molecule has 1 heterocycles. The first-order valence-electron chi connectivity index (χ1n) is 8.35. The molecule has 1 atom stereocenters. The van der Waals surface area contributed by atoms with Crippen molar-refractivity contribution in [3.63, 3.8) is 0 Å². The second-order valence-electron chi connectivity index (χ2n) is 6.76. The van der Waals surface area contributed by atoms with Crippen molar-refractivity contribution >= 4 is 11.6 Å². The van der Waals surface area contributed by atoms with E-state index in [4.69, 9.17) is 0 Å². The van der Waals surface area contributed by atoms with E-state index in [0.717, 1.165) is 22.9 Å². The van der Waals surface area contributed by atoms with Crippen LogP contribution in [0.1, 0.15) is 54.7 Å². The van der Waals surface area contributed by atoms with Crippen LogP contribution in [0, 0.1) is 5.92 Å². The normalized spacial score (nSPS) is 12.9. The summed E-state index contributed by atoms with van der Waals surface area (Å²) in [6, 6.07) is 7.40. The molecule has 0 spiro atoms. The molecular formula is C18H23F3N4O. The molecule has 0 aliphatic heterocycles. The highest BCUT2D eigenvalue weighted by Crippen LogP contribution is 2.31. The summed E-state index contributed by atoms with van der Waals surface area (Å²) in [5.74, 6) is -0.158. The van der Waals surface area contributed by atoms with E-state index >= 15 is 0 Å². The SMILES string of the molecule is CC(C)CC(C)c1ccccc1NNC(=O)c1cn(C)nc1C(F)(F)F. The monoisotopic (exact) mass is 368 g/mol. The van der Waals surface area contributed by atoms with E-state index < -0.39 is 23.3 Å². The van der Waals surface area contributed by atoms with Gasteiger partial charge >= 0.3 is 6.18 Å². The molecule has 1 aromatic carbocycles. The fourth-order valence-corrected chi connectivity index (χ4v) is 2.93. The number of rotatable bonds is 6. The summed E-state index contributed by atoms with van der Waals surface area (Å²) >= 11 is 0. The number of anilines is 1. The van der Waals surface area contributed by atoms with Crippen LogP contribution in [-0.4, -0.2) is 15.7 Å². The van der Waals surface area contributed by atoms with Crippen molar-refractivity contribution in [3.05, 3.63) is 47.3 Å². The minimum absolute atomic E-state index is 0.236. The standard InChI is InChI=1S/C18H23F3N4O/c1-11(2)9-12(3)13-7-5-6-8-15(13)22-23-17(26)14-10-25(4)24-16(14)18(19,20)21/h5-8,10-12,22H,9H2,1-4H3,(H,23,26). The topological polar surface area (TPSA) is 58.9 Å². The molecule has 0 bridgehead atoms. The lowest BCUT2D eigenvalue weighted by atomic mass is 9.91. The Balaban J connectivity index is 2.16. The zero-order valence-electron chi connectivity index (χ0n) is 15.2. The van der Waals surface area contributed by atoms with E-state index in [9.17, 15) is 18.0 Å². The molecule has 1 amide bonds. The average molecular weight is 368 g/mol. The predicted molar refractivity (Wildman–Crippen MR) is 93.6 cm³/mol. The van der Waals surface area contributed by atoms with Gasteiger partial charge in [-0.15, -0.1) is 0 Å². The van der Waals surface area contributed by atoms with Crippen molar-refractivity contribution in [3.8, 4) is 0 Å². The number of amides is 1. The van der Waals surface area contributed by atoms with Gasteiger partial charge in [-0.25, -0.2) is 0 Å². The van der Waals surface area contributed by atoms with Crippen molar-refractivity contribution in [2.24, 2.45) is 13.0 Å². The number of benzene rings is 1. The molecule has 5 nitrogen and oxygen atoms in total. The number of carbonyl (C=O) groups excluding carboxylic acids is 1. The molecule has 1 unspecified atom stereocenters. The summed E-state index contributed by atoms with van der Waals surface area (Å²) in [6.45, 7) is 6.32. The Labute approximate surface area is 150 Å². The quantitative estimate of drug-likeness (QED) is 0.746. The molecule has 0 fully saturated rings. The number of aryl methyl sites for hydroxylation is 1. The fourth-order valence-electron chi connectivity index (χ4n) is 2.93. The van der Waals surface area contributed by atoms with Gasteiger partial charge in [-0.3, -0.25) is 20.3 Å². The number of aromatic nitrogens is 2. The number of carbonyl (C=O) groups is 1. The summed E-state index contributed by atoms with van der Waals surface area (Å²) in [4.78, 5) is 12.2. The summed E-state index contributed by atoms with van der Waals surface area (Å²) in [5, 5.41) is 3.34. The lowest BCUT2D eigenvalue weighted by Crippen LogP contribution is -2.31. The number of hydrogen-bond donors (Lipinski definition) is 2. The van der Waals surface area contributed by atoms with Crippen molar-refractivity contribution in [2.75, 3.05) is 5.43 Å². The van der Waals surface area contributed by atoms with Gasteiger partial charge in [-0.05, 0) is 29.9 Å². The first kappa shape index (κ1) is 19.8. The highest BCUT2D eigenvalue weighted by atomic mass is 19.4. The van der Waals surface area contributed by atoms with Gasteiger partial charge in [0, 0.05) is 13.2 Å². The maximum absolute atomic E-state index is 13.0. The zero-order chi connectivity index (χ0) is 19.5. The molecule has 0 aliphatic rings. The number of hydrazine groups is 1. The van der Waals surface area contributed by atoms with Crippen LogP contribution in [0.15, 0.2) is 30.5 Å². The van der Waals surface area contributed by atoms with Gasteiger partial charge in [-0.1, -0.05) is 39.0 Å². The minimum Gasteiger partial charge on any atom is -0.298 e. The lowest BCUT2D eigenvalue weighted by Gasteiger charge is -2.19. The van der Waals surface area contributed by atoms with Crippen LogP contribution in [0.25, 0.3) is 0 Å². The van der Waals surface area contributed by atoms with Crippen LogP contribution in [0.4, 0.5) is 18.9 Å². The molecular weight excluding hydrogens is 345 g/mol. The van der Waals surface area contributed by atoms with E-state index in [1.807, 2.05) is 12.1 Å². The second kappa shape index (κ2) is 7.80. The van der Waals surface area contributed by atoms with E-state index in [0.29, 0.717) is 11.6 Å². The smallest absolute Gasteiger partial charge is 0.298 e. The van der Waals surface area contributed by atoms with E-state index in [1.54, 1.807) is 12.1 Å². The lowest BCUT2D eigenvalue weighted by molar-refractivity contribution is -0.141. The molecule has 2 aromatic rings. The van der Waals surface area contributed by atoms with Crippen LogP contribution >= 0.6 is 0 Å². The number of alkyl halides is 3. The molecule has 0 aliphatic carbocycles. The summed E-state index contributed by atoms with van der Waals surface area (Å²) in [6.07, 6.45) is -2.70. The first-order chi connectivity index (χ1) is 12.1. The fraction of sp³-hybridized carbons (Fsp3) is 0.444. The van der Waals surface area contributed by atoms with E-state index in [2.05, 4.69) is 36.7 Å². The predicted octanol–water partition coefficient (Wildman–Crippen LogP) is 4.35. The Morgan fingerprint density at radius 3 is 2.50 bits per heavy atom. The third-order valence-electron chi connectivity index (χ3n) is 3.97. The van der Waals surface area contributed by atoms with E-state index in [1.165, 1.54) is 7.05 Å². The van der Waals surface area contributed by atoms with Crippen LogP contribution in [0.5, 0.6) is 0 Å². The highest BCUT2D eigenvalue weighted by molar-refractivity contribution is 5.96. The average Bonchev–Trinajstić information content (AvgIpc) is 2.94. The van der Waals surface area contributed by atoms with Crippen LogP contribution < -0.4 is 10.9 Å².